The number of hydrogen-bond acceptors (Lipinski definition) is 6. The van der Waals surface area contributed by atoms with Crippen molar-refractivity contribution < 1.29 is 30.7 Å². The molecule has 0 saturated carbocycles. The molecular weight excluding hydrogens is 551 g/mol. The first-order valence-electron chi connectivity index (χ1n) is 11.7. The molecular formula is C28H30IN4O2-. The van der Waals surface area contributed by atoms with Crippen molar-refractivity contribution in [3.63, 3.8) is 0 Å². The van der Waals surface area contributed by atoms with Crippen molar-refractivity contribution >= 4 is 16.7 Å². The molecule has 3 heterocycles. The Morgan fingerprint density at radius 2 is 1.69 bits per heavy atom. The number of fused-ring (bicyclic) bond motifs is 1. The van der Waals surface area contributed by atoms with Crippen molar-refractivity contribution in [1.29, 1.82) is 0 Å². The van der Waals surface area contributed by atoms with E-state index < -0.39 is 11.2 Å². The molecule has 5 rings (SSSR count). The van der Waals surface area contributed by atoms with E-state index in [0.717, 1.165) is 43.8 Å². The Labute approximate surface area is 216 Å². The molecule has 1 aliphatic heterocycles. The topological polar surface area (TPSA) is 69.2 Å². The zero-order valence-corrected chi connectivity index (χ0v) is 22.5. The summed E-state index contributed by atoms with van der Waals surface area (Å²) in [5.41, 5.74) is 3.63. The van der Waals surface area contributed by atoms with Crippen LogP contribution in [0.4, 0.5) is 5.82 Å². The molecule has 2 aromatic carbocycles. The summed E-state index contributed by atoms with van der Waals surface area (Å²) in [6, 6.07) is 22.5. The number of rotatable bonds is 7. The monoisotopic (exact) mass is 581 g/mol. The maximum absolute atomic E-state index is 6.25. The minimum absolute atomic E-state index is 0.0655. The third kappa shape index (κ3) is 5.17. The van der Waals surface area contributed by atoms with Gasteiger partial charge in [0, 0.05) is 6.20 Å². The molecule has 1 N–H and O–H groups in total. The summed E-state index contributed by atoms with van der Waals surface area (Å²) in [6.07, 6.45) is 1.81. The Balaban J connectivity index is 1.58. The molecule has 0 bridgehead atoms. The molecule has 0 unspecified atom stereocenters. The second-order valence-electron chi connectivity index (χ2n) is 9.31. The number of nitrogens with one attached hydrogen (secondary N) is 1. The van der Waals surface area contributed by atoms with Crippen LogP contribution in [0.2, 0.25) is 0 Å². The summed E-state index contributed by atoms with van der Waals surface area (Å²) in [5.74, 6) is 1.02. The van der Waals surface area contributed by atoms with Crippen LogP contribution in [0.5, 0.6) is 0 Å². The second-order valence-corrected chi connectivity index (χ2v) is 11.6. The molecule has 1 aliphatic rings. The molecule has 7 heteroatoms. The van der Waals surface area contributed by atoms with Gasteiger partial charge in [0.1, 0.15) is 0 Å². The van der Waals surface area contributed by atoms with Crippen molar-refractivity contribution in [3.05, 3.63) is 84.4 Å². The Morgan fingerprint density at radius 1 is 0.914 bits per heavy atom. The van der Waals surface area contributed by atoms with Crippen molar-refractivity contribution in [2.75, 3.05) is 27.9 Å². The van der Waals surface area contributed by atoms with E-state index in [1.807, 2.05) is 37.4 Å². The van der Waals surface area contributed by atoms with Crippen LogP contribution in [0, 0.1) is 0 Å². The molecule has 0 spiro atoms. The van der Waals surface area contributed by atoms with Crippen molar-refractivity contribution in [1.82, 2.24) is 15.0 Å². The average Bonchev–Trinajstić information content (AvgIpc) is 2.90. The molecule has 1 fully saturated rings. The zero-order chi connectivity index (χ0) is 24.3. The van der Waals surface area contributed by atoms with Crippen molar-refractivity contribution in [3.8, 4) is 11.1 Å². The molecule has 2 aromatic heterocycles. The fourth-order valence-corrected chi connectivity index (χ4v) is 6.10. The van der Waals surface area contributed by atoms with Crippen LogP contribution < -0.4 is 26.5 Å². The van der Waals surface area contributed by atoms with Gasteiger partial charge in [-0.3, -0.25) is 0 Å². The van der Waals surface area contributed by atoms with Gasteiger partial charge in [0.25, 0.3) is 0 Å². The predicted molar refractivity (Wildman–Crippen MR) is 135 cm³/mol. The molecule has 4 aromatic rings. The summed E-state index contributed by atoms with van der Waals surface area (Å²) in [6.45, 7) is 5.78. The van der Waals surface area contributed by atoms with Gasteiger partial charge in [0.05, 0.1) is 0 Å². The Bertz CT molecular complexity index is 1290. The van der Waals surface area contributed by atoms with Gasteiger partial charge in [-0.05, 0) is 6.07 Å². The van der Waals surface area contributed by atoms with Gasteiger partial charge in [0.2, 0.25) is 0 Å². The molecule has 0 atom stereocenters. The van der Waals surface area contributed by atoms with Crippen LogP contribution in [-0.4, -0.2) is 43.3 Å². The SMILES string of the molecule is C[I-]CC1(C)OCC(C)(c2nc(NCc3ccccn3)c3c(-c4ccccc4)cccc3n2)CO1. The number of nitrogens with zero attached hydrogens (tertiary/aromatic N) is 3. The molecule has 0 radical (unpaired) electrons. The van der Waals surface area contributed by atoms with E-state index in [1.165, 1.54) is 0 Å². The first-order chi connectivity index (χ1) is 17.0. The van der Waals surface area contributed by atoms with Gasteiger partial charge in [-0.1, -0.05) is 24.3 Å². The van der Waals surface area contributed by atoms with Crippen LogP contribution in [0.1, 0.15) is 25.4 Å². The average molecular weight is 581 g/mol. The third-order valence-electron chi connectivity index (χ3n) is 6.28. The van der Waals surface area contributed by atoms with E-state index in [0.29, 0.717) is 19.8 Å². The number of anilines is 1. The number of ether oxygens (including phenoxy) is 2. The zero-order valence-electron chi connectivity index (χ0n) is 20.3. The quantitative estimate of drug-likeness (QED) is 0.266. The summed E-state index contributed by atoms with van der Waals surface area (Å²) < 4.78 is 13.5. The first kappa shape index (κ1) is 24.1. The van der Waals surface area contributed by atoms with Crippen LogP contribution in [0.3, 0.4) is 0 Å². The van der Waals surface area contributed by atoms with Gasteiger partial charge >= 0.3 is 181 Å². The Hall–Kier alpha value is -2.62. The Kier molecular flexibility index (Phi) is 7.00. The van der Waals surface area contributed by atoms with E-state index in [9.17, 15) is 0 Å². The number of pyridine rings is 1. The standard InChI is InChI=1S/C28H30IN4O2/c1-27(18-34-28(2,17-29-3)35-19-27)26-32-23-14-9-13-22(20-10-5-4-6-11-20)24(23)25(33-26)31-16-21-12-7-8-15-30-21/h4-15H,16-19H2,1-3H3,(H,31,32,33)/q-1. The normalized spacial score (nSPS) is 22.4. The third-order valence-corrected chi connectivity index (χ3v) is 8.43. The van der Waals surface area contributed by atoms with Crippen molar-refractivity contribution in [2.24, 2.45) is 0 Å². The molecule has 0 aliphatic carbocycles. The number of alkyl halides is 2. The summed E-state index contributed by atoms with van der Waals surface area (Å²) in [5, 5.41) is 4.56. The summed E-state index contributed by atoms with van der Waals surface area (Å²) in [7, 11) is 0. The number of hydrogen-bond donors (Lipinski definition) is 1. The fourth-order valence-electron chi connectivity index (χ4n) is 4.27. The van der Waals surface area contributed by atoms with E-state index in [4.69, 9.17) is 19.4 Å². The van der Waals surface area contributed by atoms with Gasteiger partial charge in [-0.15, -0.1) is 0 Å². The number of halogens is 1. The van der Waals surface area contributed by atoms with Crippen LogP contribution in [-0.2, 0) is 21.4 Å². The van der Waals surface area contributed by atoms with E-state index in [-0.39, 0.29) is 21.2 Å². The van der Waals surface area contributed by atoms with Gasteiger partial charge in [-0.2, -0.15) is 0 Å². The van der Waals surface area contributed by atoms with E-state index in [1.54, 1.807) is 0 Å². The van der Waals surface area contributed by atoms with Gasteiger partial charge in [-0.25, -0.2) is 0 Å². The van der Waals surface area contributed by atoms with Gasteiger partial charge < -0.3 is 0 Å². The maximum atomic E-state index is 6.25. The summed E-state index contributed by atoms with van der Waals surface area (Å²) >= 11 is 0.0655. The Morgan fingerprint density at radius 3 is 2.40 bits per heavy atom. The van der Waals surface area contributed by atoms with Crippen LogP contribution >= 0.6 is 0 Å². The second kappa shape index (κ2) is 10.2. The molecule has 6 nitrogen and oxygen atoms in total. The number of aromatic nitrogens is 3. The van der Waals surface area contributed by atoms with Crippen LogP contribution in [0.25, 0.3) is 22.0 Å². The van der Waals surface area contributed by atoms with Crippen molar-refractivity contribution in [2.45, 2.75) is 31.6 Å². The van der Waals surface area contributed by atoms with E-state index in [2.05, 4.69) is 64.6 Å². The molecule has 182 valence electrons. The van der Waals surface area contributed by atoms with Gasteiger partial charge in [0.15, 0.2) is 0 Å². The number of benzene rings is 2. The molecule has 35 heavy (non-hydrogen) atoms. The first-order valence-corrected chi connectivity index (χ1v) is 15.4. The summed E-state index contributed by atoms with van der Waals surface area (Å²) in [4.78, 5) is 16.9. The van der Waals surface area contributed by atoms with Crippen LogP contribution in [0.15, 0.2) is 72.9 Å². The molecule has 0 amide bonds. The fraction of sp³-hybridized carbons (Fsp3) is 0.321. The van der Waals surface area contributed by atoms with E-state index >= 15 is 0 Å². The molecule has 1 saturated heterocycles. The minimum atomic E-state index is -0.501. The predicted octanol–water partition coefficient (Wildman–Crippen LogP) is 2.04.